The highest BCUT2D eigenvalue weighted by atomic mass is 15.1. The van der Waals surface area contributed by atoms with Crippen molar-refractivity contribution in [3.05, 3.63) is 64.6 Å². The van der Waals surface area contributed by atoms with Crippen LogP contribution in [0.2, 0.25) is 0 Å². The van der Waals surface area contributed by atoms with Crippen LogP contribution in [0.4, 0.5) is 0 Å². The summed E-state index contributed by atoms with van der Waals surface area (Å²) in [6.45, 7) is 8.71. The quantitative estimate of drug-likeness (QED) is 0.630. The van der Waals surface area contributed by atoms with Crippen LogP contribution in [-0.2, 0) is 19.4 Å². The summed E-state index contributed by atoms with van der Waals surface area (Å²) in [6.07, 6.45) is 7.60. The van der Waals surface area contributed by atoms with E-state index in [2.05, 4.69) is 78.8 Å². The first-order valence-corrected chi connectivity index (χ1v) is 10.0. The molecule has 1 aliphatic rings. The van der Waals surface area contributed by atoms with Crippen molar-refractivity contribution in [2.24, 2.45) is 0 Å². The molecule has 0 unspecified atom stereocenters. The Bertz CT molecular complexity index is 993. The highest BCUT2D eigenvalue weighted by Crippen LogP contribution is 2.32. The highest BCUT2D eigenvalue weighted by Gasteiger charge is 2.21. The van der Waals surface area contributed by atoms with E-state index in [-0.39, 0.29) is 0 Å². The SMILES string of the molecule is CCCc1ccc(/C(C)=C/n2c3c(c4cc(C)ccc42)CN(C)CC3)cn1. The fourth-order valence-corrected chi connectivity index (χ4v) is 4.12. The molecule has 0 atom stereocenters. The van der Waals surface area contributed by atoms with Crippen molar-refractivity contribution in [1.82, 2.24) is 14.5 Å². The maximum Gasteiger partial charge on any atom is 0.0529 e. The number of fused-ring (bicyclic) bond motifs is 3. The molecule has 0 amide bonds. The van der Waals surface area contributed by atoms with Crippen LogP contribution in [0.1, 0.15) is 48.3 Å². The number of hydrogen-bond acceptors (Lipinski definition) is 2. The molecule has 1 aliphatic heterocycles. The van der Waals surface area contributed by atoms with Crippen molar-refractivity contribution in [2.75, 3.05) is 13.6 Å². The molecule has 4 rings (SSSR count). The Kier molecular flexibility index (Phi) is 4.88. The lowest BCUT2D eigenvalue weighted by atomic mass is 10.0. The minimum absolute atomic E-state index is 1.03. The number of likely N-dealkylation sites (N-methyl/N-ethyl adjacent to an activating group) is 1. The smallest absolute Gasteiger partial charge is 0.0529 e. The molecular formula is C24H29N3. The molecule has 27 heavy (non-hydrogen) atoms. The molecule has 0 saturated heterocycles. The molecule has 3 heteroatoms. The maximum absolute atomic E-state index is 4.63. The summed E-state index contributed by atoms with van der Waals surface area (Å²) in [6, 6.07) is 11.2. The molecule has 0 N–H and O–H groups in total. The van der Waals surface area contributed by atoms with Gasteiger partial charge in [-0.15, -0.1) is 0 Å². The second-order valence-corrected chi connectivity index (χ2v) is 7.90. The minimum Gasteiger partial charge on any atom is -0.320 e. The second kappa shape index (κ2) is 7.32. The summed E-state index contributed by atoms with van der Waals surface area (Å²) in [5.74, 6) is 0. The summed E-state index contributed by atoms with van der Waals surface area (Å²) >= 11 is 0. The van der Waals surface area contributed by atoms with Gasteiger partial charge in [0, 0.05) is 48.7 Å². The number of rotatable bonds is 4. The average Bonchev–Trinajstić information content (AvgIpc) is 2.95. The zero-order valence-electron chi connectivity index (χ0n) is 16.9. The summed E-state index contributed by atoms with van der Waals surface area (Å²) in [5.41, 5.74) is 9.22. The van der Waals surface area contributed by atoms with Gasteiger partial charge >= 0.3 is 0 Å². The predicted octanol–water partition coefficient (Wildman–Crippen LogP) is 5.30. The van der Waals surface area contributed by atoms with Crippen molar-refractivity contribution in [2.45, 2.75) is 46.6 Å². The lowest BCUT2D eigenvalue weighted by Crippen LogP contribution is -2.26. The Labute approximate surface area is 162 Å². The molecule has 3 nitrogen and oxygen atoms in total. The van der Waals surface area contributed by atoms with Crippen LogP contribution in [0.25, 0.3) is 22.7 Å². The first-order chi connectivity index (χ1) is 13.1. The van der Waals surface area contributed by atoms with E-state index in [0.717, 1.165) is 32.4 Å². The molecule has 140 valence electrons. The Morgan fingerprint density at radius 1 is 1.22 bits per heavy atom. The van der Waals surface area contributed by atoms with Gasteiger partial charge in [0.25, 0.3) is 0 Å². The molecule has 3 heterocycles. The van der Waals surface area contributed by atoms with E-state index in [1.165, 1.54) is 44.6 Å². The van der Waals surface area contributed by atoms with Crippen molar-refractivity contribution >= 4 is 22.7 Å². The average molecular weight is 360 g/mol. The lowest BCUT2D eigenvalue weighted by molar-refractivity contribution is 0.312. The molecular weight excluding hydrogens is 330 g/mol. The Balaban J connectivity index is 1.80. The first kappa shape index (κ1) is 18.0. The Morgan fingerprint density at radius 2 is 2.07 bits per heavy atom. The molecule has 3 aromatic rings. The zero-order chi connectivity index (χ0) is 19.0. The number of hydrogen-bond donors (Lipinski definition) is 0. The van der Waals surface area contributed by atoms with E-state index >= 15 is 0 Å². The van der Waals surface area contributed by atoms with Crippen LogP contribution in [0, 0.1) is 6.92 Å². The number of nitrogens with zero attached hydrogens (tertiary/aromatic N) is 3. The van der Waals surface area contributed by atoms with Crippen molar-refractivity contribution in [3.63, 3.8) is 0 Å². The van der Waals surface area contributed by atoms with E-state index in [4.69, 9.17) is 0 Å². The van der Waals surface area contributed by atoms with Crippen LogP contribution in [-0.4, -0.2) is 28.0 Å². The first-order valence-electron chi connectivity index (χ1n) is 10.0. The van der Waals surface area contributed by atoms with Crippen LogP contribution < -0.4 is 0 Å². The monoisotopic (exact) mass is 359 g/mol. The van der Waals surface area contributed by atoms with Crippen LogP contribution in [0.15, 0.2) is 36.5 Å². The van der Waals surface area contributed by atoms with E-state index in [1.807, 2.05) is 6.20 Å². The van der Waals surface area contributed by atoms with Crippen LogP contribution >= 0.6 is 0 Å². The molecule has 0 fully saturated rings. The van der Waals surface area contributed by atoms with E-state index in [0.29, 0.717) is 0 Å². The third-order valence-electron chi connectivity index (χ3n) is 5.64. The number of aryl methyl sites for hydroxylation is 2. The Hall–Kier alpha value is -2.39. The zero-order valence-corrected chi connectivity index (χ0v) is 16.9. The van der Waals surface area contributed by atoms with Crippen LogP contribution in [0.5, 0.6) is 0 Å². The standard InChI is InChI=1S/C24H29N3/c1-5-6-20-9-8-19(14-25-20)18(3)15-27-23-10-7-17(2)13-21(23)22-16-26(4)12-11-24(22)27/h7-10,13-15H,5-6,11-12,16H2,1-4H3/b18-15+. The topological polar surface area (TPSA) is 21.1 Å². The van der Waals surface area contributed by atoms with E-state index in [9.17, 15) is 0 Å². The molecule has 0 bridgehead atoms. The predicted molar refractivity (Wildman–Crippen MR) is 115 cm³/mol. The third kappa shape index (κ3) is 3.44. The Morgan fingerprint density at radius 3 is 2.81 bits per heavy atom. The molecule has 0 aliphatic carbocycles. The molecule has 2 aromatic heterocycles. The van der Waals surface area contributed by atoms with Gasteiger partial charge in [0.05, 0.1) is 5.52 Å². The van der Waals surface area contributed by atoms with Gasteiger partial charge in [-0.05, 0) is 62.2 Å². The van der Waals surface area contributed by atoms with Gasteiger partial charge in [0.1, 0.15) is 0 Å². The number of benzene rings is 1. The summed E-state index contributed by atoms with van der Waals surface area (Å²) < 4.78 is 2.42. The van der Waals surface area contributed by atoms with Gasteiger partial charge in [-0.2, -0.15) is 0 Å². The fourth-order valence-electron chi connectivity index (χ4n) is 4.12. The molecule has 1 aromatic carbocycles. The molecule has 0 radical (unpaired) electrons. The van der Waals surface area contributed by atoms with Crippen LogP contribution in [0.3, 0.4) is 0 Å². The van der Waals surface area contributed by atoms with Gasteiger partial charge in [0.2, 0.25) is 0 Å². The lowest BCUT2D eigenvalue weighted by Gasteiger charge is -2.23. The molecule has 0 spiro atoms. The fraction of sp³-hybridized carbons (Fsp3) is 0.375. The van der Waals surface area contributed by atoms with Crippen molar-refractivity contribution in [1.29, 1.82) is 0 Å². The number of pyridine rings is 1. The van der Waals surface area contributed by atoms with Gasteiger partial charge in [-0.1, -0.05) is 31.0 Å². The third-order valence-corrected chi connectivity index (χ3v) is 5.64. The highest BCUT2D eigenvalue weighted by molar-refractivity contribution is 5.90. The van der Waals surface area contributed by atoms with Crippen molar-refractivity contribution < 1.29 is 0 Å². The van der Waals surface area contributed by atoms with Gasteiger partial charge in [-0.25, -0.2) is 0 Å². The number of allylic oxidation sites excluding steroid dienone is 1. The number of aromatic nitrogens is 2. The maximum atomic E-state index is 4.63. The van der Waals surface area contributed by atoms with E-state index < -0.39 is 0 Å². The minimum atomic E-state index is 1.03. The second-order valence-electron chi connectivity index (χ2n) is 7.90. The molecule has 0 saturated carbocycles. The van der Waals surface area contributed by atoms with Crippen molar-refractivity contribution in [3.8, 4) is 0 Å². The van der Waals surface area contributed by atoms with Gasteiger partial charge in [-0.3, -0.25) is 4.98 Å². The summed E-state index contributed by atoms with van der Waals surface area (Å²) in [5, 5.41) is 1.40. The van der Waals surface area contributed by atoms with Gasteiger partial charge in [0.15, 0.2) is 0 Å². The summed E-state index contributed by atoms with van der Waals surface area (Å²) in [4.78, 5) is 7.05. The summed E-state index contributed by atoms with van der Waals surface area (Å²) in [7, 11) is 2.21. The normalized spacial score (nSPS) is 15.3. The largest absolute Gasteiger partial charge is 0.320 e. The van der Waals surface area contributed by atoms with E-state index in [1.54, 1.807) is 0 Å². The van der Waals surface area contributed by atoms with Gasteiger partial charge < -0.3 is 9.47 Å².